The van der Waals surface area contributed by atoms with Crippen LogP contribution in [-0.4, -0.2) is 31.0 Å². The summed E-state index contributed by atoms with van der Waals surface area (Å²) in [5, 5.41) is 3.32. The molecule has 1 heterocycles. The summed E-state index contributed by atoms with van der Waals surface area (Å²) in [6, 6.07) is 12.4. The molecular formula is C21H21ClN2O5. The molecule has 2 aromatic carbocycles. The monoisotopic (exact) mass is 416 g/mol. The number of hydrogen-bond acceptors (Lipinski definition) is 5. The van der Waals surface area contributed by atoms with Crippen molar-refractivity contribution in [1.29, 1.82) is 0 Å². The molecule has 0 aromatic heterocycles. The van der Waals surface area contributed by atoms with E-state index < -0.39 is 12.1 Å². The molecule has 152 valence electrons. The quantitative estimate of drug-likeness (QED) is 0.728. The summed E-state index contributed by atoms with van der Waals surface area (Å²) in [6.07, 6.45) is -0.627. The molecule has 1 atom stereocenters. The highest BCUT2D eigenvalue weighted by molar-refractivity contribution is 6.30. The number of carbonyl (C=O) groups excluding carboxylic acids is 3. The van der Waals surface area contributed by atoms with Gasteiger partial charge in [0.15, 0.2) is 6.10 Å². The van der Waals surface area contributed by atoms with Crippen LogP contribution in [0.5, 0.6) is 5.75 Å². The molecular weight excluding hydrogens is 396 g/mol. The molecule has 0 fully saturated rings. The first-order valence-corrected chi connectivity index (χ1v) is 9.48. The average Bonchev–Trinajstić information content (AvgIpc) is 2.70. The molecule has 0 aliphatic carbocycles. The van der Waals surface area contributed by atoms with Gasteiger partial charge in [0.05, 0.1) is 25.8 Å². The van der Waals surface area contributed by atoms with Crippen LogP contribution in [0.15, 0.2) is 42.5 Å². The number of rotatable bonds is 6. The second-order valence-corrected chi connectivity index (χ2v) is 7.06. The maximum absolute atomic E-state index is 12.8. The maximum atomic E-state index is 12.8. The molecule has 7 nitrogen and oxygen atoms in total. The van der Waals surface area contributed by atoms with Crippen LogP contribution in [-0.2, 0) is 25.7 Å². The van der Waals surface area contributed by atoms with E-state index in [9.17, 15) is 14.4 Å². The number of methoxy groups -OCH3 is 1. The van der Waals surface area contributed by atoms with E-state index in [0.717, 1.165) is 5.56 Å². The lowest BCUT2D eigenvalue weighted by molar-refractivity contribution is -0.141. The standard InChI is InChI=1S/C21H21ClN2O5/c1-13-21(27)24(12-14-4-3-5-15(22)10-14)17-11-16(6-7-18(17)29-13)23-19(25)8-9-20(26)28-2/h3-7,10-11,13H,8-9,12H2,1-2H3,(H,23,25). The predicted molar refractivity (Wildman–Crippen MR) is 109 cm³/mol. The van der Waals surface area contributed by atoms with Crippen LogP contribution in [0.4, 0.5) is 11.4 Å². The Kier molecular flexibility index (Phi) is 6.39. The van der Waals surface area contributed by atoms with Crippen LogP contribution in [0.25, 0.3) is 0 Å². The fourth-order valence-corrected chi connectivity index (χ4v) is 3.22. The summed E-state index contributed by atoms with van der Waals surface area (Å²) in [4.78, 5) is 37.6. The molecule has 0 spiro atoms. The Morgan fingerprint density at radius 3 is 2.72 bits per heavy atom. The van der Waals surface area contributed by atoms with Crippen LogP contribution in [0.3, 0.4) is 0 Å². The number of esters is 1. The Hall–Kier alpha value is -3.06. The Morgan fingerprint density at radius 2 is 2.00 bits per heavy atom. The van der Waals surface area contributed by atoms with Gasteiger partial charge in [0.25, 0.3) is 5.91 Å². The number of amides is 2. The molecule has 2 amide bonds. The van der Waals surface area contributed by atoms with Gasteiger partial charge in [-0.05, 0) is 42.8 Å². The SMILES string of the molecule is COC(=O)CCC(=O)Nc1ccc2c(c1)N(Cc1cccc(Cl)c1)C(=O)C(C)O2. The topological polar surface area (TPSA) is 84.9 Å². The molecule has 8 heteroatoms. The van der Waals surface area contributed by atoms with Crippen molar-refractivity contribution in [3.8, 4) is 5.75 Å². The van der Waals surface area contributed by atoms with E-state index in [1.54, 1.807) is 42.2 Å². The molecule has 1 aliphatic heterocycles. The Morgan fingerprint density at radius 1 is 1.21 bits per heavy atom. The van der Waals surface area contributed by atoms with Crippen molar-refractivity contribution in [2.45, 2.75) is 32.4 Å². The summed E-state index contributed by atoms with van der Waals surface area (Å²) >= 11 is 6.06. The normalized spacial score (nSPS) is 15.3. The first-order chi connectivity index (χ1) is 13.9. The summed E-state index contributed by atoms with van der Waals surface area (Å²) in [6.45, 7) is 2.01. The molecule has 2 aromatic rings. The van der Waals surface area contributed by atoms with Crippen molar-refractivity contribution in [1.82, 2.24) is 0 Å². The third kappa shape index (κ3) is 5.06. The van der Waals surface area contributed by atoms with E-state index in [2.05, 4.69) is 10.1 Å². The molecule has 0 saturated carbocycles. The third-order valence-corrected chi connectivity index (χ3v) is 4.70. The number of ether oxygens (including phenoxy) is 2. The van der Waals surface area contributed by atoms with E-state index in [0.29, 0.717) is 28.7 Å². The zero-order valence-electron chi connectivity index (χ0n) is 16.1. The van der Waals surface area contributed by atoms with Gasteiger partial charge in [-0.2, -0.15) is 0 Å². The van der Waals surface area contributed by atoms with Gasteiger partial charge in [0, 0.05) is 17.1 Å². The van der Waals surface area contributed by atoms with E-state index in [1.807, 2.05) is 12.1 Å². The van der Waals surface area contributed by atoms with Crippen LogP contribution < -0.4 is 15.0 Å². The van der Waals surface area contributed by atoms with Gasteiger partial charge >= 0.3 is 5.97 Å². The lowest BCUT2D eigenvalue weighted by Crippen LogP contribution is -2.44. The second kappa shape index (κ2) is 8.96. The van der Waals surface area contributed by atoms with Gasteiger partial charge in [-0.15, -0.1) is 0 Å². The van der Waals surface area contributed by atoms with Crippen molar-refractivity contribution in [2.24, 2.45) is 0 Å². The number of fused-ring (bicyclic) bond motifs is 1. The highest BCUT2D eigenvalue weighted by Gasteiger charge is 2.32. The van der Waals surface area contributed by atoms with E-state index in [1.165, 1.54) is 7.11 Å². The second-order valence-electron chi connectivity index (χ2n) is 6.62. The van der Waals surface area contributed by atoms with Gasteiger partial charge in [0.2, 0.25) is 5.91 Å². The van der Waals surface area contributed by atoms with Crippen LogP contribution in [0.2, 0.25) is 5.02 Å². The highest BCUT2D eigenvalue weighted by Crippen LogP contribution is 2.37. The molecule has 0 bridgehead atoms. The molecule has 3 rings (SSSR count). The van der Waals surface area contributed by atoms with Crippen LogP contribution >= 0.6 is 11.6 Å². The van der Waals surface area contributed by atoms with Crippen LogP contribution in [0.1, 0.15) is 25.3 Å². The van der Waals surface area contributed by atoms with Crippen molar-refractivity contribution in [3.63, 3.8) is 0 Å². The van der Waals surface area contributed by atoms with E-state index in [-0.39, 0.29) is 24.7 Å². The number of anilines is 2. The minimum Gasteiger partial charge on any atom is -0.479 e. The lowest BCUT2D eigenvalue weighted by atomic mass is 10.1. The molecule has 0 saturated heterocycles. The fraction of sp³-hybridized carbons (Fsp3) is 0.286. The van der Waals surface area contributed by atoms with Crippen molar-refractivity contribution < 1.29 is 23.9 Å². The Labute approximate surface area is 173 Å². The summed E-state index contributed by atoms with van der Waals surface area (Å²) in [5.74, 6) is -0.419. The Bertz CT molecular complexity index is 946. The molecule has 1 N–H and O–H groups in total. The van der Waals surface area contributed by atoms with Gasteiger partial charge in [-0.25, -0.2) is 0 Å². The first kappa shape index (κ1) is 20.7. The van der Waals surface area contributed by atoms with E-state index in [4.69, 9.17) is 16.3 Å². The maximum Gasteiger partial charge on any atom is 0.306 e. The molecule has 1 aliphatic rings. The first-order valence-electron chi connectivity index (χ1n) is 9.10. The smallest absolute Gasteiger partial charge is 0.306 e. The number of halogens is 1. The predicted octanol–water partition coefficient (Wildman–Crippen LogP) is 3.55. The van der Waals surface area contributed by atoms with Gasteiger partial charge in [-0.1, -0.05) is 23.7 Å². The zero-order valence-corrected chi connectivity index (χ0v) is 16.9. The third-order valence-electron chi connectivity index (χ3n) is 4.46. The van der Waals surface area contributed by atoms with E-state index >= 15 is 0 Å². The number of nitrogens with one attached hydrogen (secondary N) is 1. The van der Waals surface area contributed by atoms with Crippen molar-refractivity contribution >= 4 is 40.8 Å². The molecule has 0 radical (unpaired) electrons. The fourth-order valence-electron chi connectivity index (χ4n) is 3.01. The number of hydrogen-bond donors (Lipinski definition) is 1. The van der Waals surface area contributed by atoms with Crippen LogP contribution in [0, 0.1) is 0 Å². The zero-order chi connectivity index (χ0) is 21.0. The summed E-state index contributed by atoms with van der Waals surface area (Å²) < 4.78 is 10.2. The highest BCUT2D eigenvalue weighted by atomic mass is 35.5. The minimum atomic E-state index is -0.623. The van der Waals surface area contributed by atoms with Gasteiger partial charge in [0.1, 0.15) is 5.75 Å². The van der Waals surface area contributed by atoms with Gasteiger partial charge in [-0.3, -0.25) is 14.4 Å². The number of nitrogens with zero attached hydrogens (tertiary/aromatic N) is 1. The average molecular weight is 417 g/mol. The summed E-state index contributed by atoms with van der Waals surface area (Å²) in [5.41, 5.74) is 1.93. The molecule has 29 heavy (non-hydrogen) atoms. The van der Waals surface area contributed by atoms with Crippen molar-refractivity contribution in [2.75, 3.05) is 17.3 Å². The summed E-state index contributed by atoms with van der Waals surface area (Å²) in [7, 11) is 1.27. The number of benzene rings is 2. The van der Waals surface area contributed by atoms with Gasteiger partial charge < -0.3 is 19.7 Å². The minimum absolute atomic E-state index is 0.00243. The Balaban J connectivity index is 1.82. The van der Waals surface area contributed by atoms with Crippen molar-refractivity contribution in [3.05, 3.63) is 53.1 Å². The number of carbonyl (C=O) groups is 3. The largest absolute Gasteiger partial charge is 0.479 e. The molecule has 1 unspecified atom stereocenters. The lowest BCUT2D eigenvalue weighted by Gasteiger charge is -2.33.